The molecule has 0 atom stereocenters. The van der Waals surface area contributed by atoms with E-state index < -0.39 is 28.7 Å². The lowest BCUT2D eigenvalue weighted by Gasteiger charge is -2.21. The molecule has 41 heavy (non-hydrogen) atoms. The van der Waals surface area contributed by atoms with Gasteiger partial charge in [-0.3, -0.25) is 0 Å². The van der Waals surface area contributed by atoms with Crippen LogP contribution in [0.3, 0.4) is 0 Å². The van der Waals surface area contributed by atoms with Crippen LogP contribution in [0.15, 0.2) is 71.9 Å². The number of pyridine rings is 1. The molecule has 1 N–H and O–H groups in total. The quantitative estimate of drug-likeness (QED) is 0.255. The molecule has 3 aromatic heterocycles. The van der Waals surface area contributed by atoms with Gasteiger partial charge in [0.25, 0.3) is 10.0 Å². The van der Waals surface area contributed by atoms with Gasteiger partial charge in [0.05, 0.1) is 31.2 Å². The first kappa shape index (κ1) is 28.0. The lowest BCUT2D eigenvalue weighted by atomic mass is 10.1. The number of hydroxylamine groups is 1. The van der Waals surface area contributed by atoms with E-state index in [0.717, 1.165) is 16.5 Å². The van der Waals surface area contributed by atoms with Crippen LogP contribution >= 0.6 is 0 Å². The number of carbonyl (C=O) groups excluding carboxylic acids is 1. The molecule has 0 radical (unpaired) electrons. The van der Waals surface area contributed by atoms with E-state index in [-0.39, 0.29) is 14.9 Å². The van der Waals surface area contributed by atoms with Gasteiger partial charge < -0.3 is 23.9 Å². The van der Waals surface area contributed by atoms with E-state index in [2.05, 4.69) is 14.8 Å². The molecule has 3 heterocycles. The van der Waals surface area contributed by atoms with Crippen molar-refractivity contribution in [3.63, 3.8) is 0 Å². The number of fused-ring (bicyclic) bond motifs is 2. The molecule has 0 aliphatic heterocycles. The van der Waals surface area contributed by atoms with Crippen molar-refractivity contribution >= 4 is 37.9 Å². The van der Waals surface area contributed by atoms with Gasteiger partial charge in [0.15, 0.2) is 11.5 Å². The molecule has 0 bridgehead atoms. The Kier molecular flexibility index (Phi) is 7.13. The molecule has 0 aliphatic rings. The molecule has 10 nitrogen and oxygen atoms in total. The number of methoxy groups -OCH3 is 2. The van der Waals surface area contributed by atoms with E-state index in [0.29, 0.717) is 28.2 Å². The van der Waals surface area contributed by atoms with E-state index >= 15 is 0 Å². The van der Waals surface area contributed by atoms with E-state index in [9.17, 15) is 26.4 Å². The smallest absolute Gasteiger partial charge is 0.492 e. The van der Waals surface area contributed by atoms with Crippen molar-refractivity contribution in [3.05, 3.63) is 72.6 Å². The zero-order valence-electron chi connectivity index (χ0n) is 21.9. The van der Waals surface area contributed by atoms with Gasteiger partial charge >= 0.3 is 12.1 Å². The normalized spacial score (nSPS) is 12.3. The van der Waals surface area contributed by atoms with Crippen LogP contribution in [0.1, 0.15) is 5.56 Å². The molecular formula is C27H23F3N4O6S. The van der Waals surface area contributed by atoms with Crippen LogP contribution in [-0.2, 0) is 33.2 Å². The standard InChI is InChI=1S/C27H23F3N4O6S/c1-33-15-20(19-12-23(38-2)24(39-3)13-22(19)33)21-11-18-16(9-10-31-25(18)32-21)14-34(40-26(35)27(28,29)30)41(36,37)17-7-5-4-6-8-17/h4-13,15H,14H2,1-3H3,(H,31,32). The lowest BCUT2D eigenvalue weighted by molar-refractivity contribution is -0.223. The Balaban J connectivity index is 1.60. The molecular weight excluding hydrogens is 565 g/mol. The number of halogens is 3. The second-order valence-corrected chi connectivity index (χ2v) is 10.8. The highest BCUT2D eigenvalue weighted by atomic mass is 32.2. The highest BCUT2D eigenvalue weighted by Crippen LogP contribution is 2.39. The number of benzene rings is 2. The van der Waals surface area contributed by atoms with Crippen molar-refractivity contribution in [2.45, 2.75) is 17.6 Å². The van der Waals surface area contributed by atoms with Gasteiger partial charge in [0, 0.05) is 47.5 Å². The molecule has 214 valence electrons. The van der Waals surface area contributed by atoms with Gasteiger partial charge in [-0.1, -0.05) is 18.2 Å². The monoisotopic (exact) mass is 588 g/mol. The first-order valence-corrected chi connectivity index (χ1v) is 13.4. The van der Waals surface area contributed by atoms with Crippen molar-refractivity contribution in [1.82, 2.24) is 19.0 Å². The Morgan fingerprint density at radius 3 is 2.37 bits per heavy atom. The van der Waals surface area contributed by atoms with E-state index in [1.165, 1.54) is 56.8 Å². The minimum Gasteiger partial charge on any atom is -0.493 e. The molecule has 0 saturated carbocycles. The van der Waals surface area contributed by atoms with E-state index in [1.54, 1.807) is 6.07 Å². The van der Waals surface area contributed by atoms with Crippen molar-refractivity contribution in [2.75, 3.05) is 14.2 Å². The van der Waals surface area contributed by atoms with Crippen LogP contribution in [-0.4, -0.2) is 53.8 Å². The number of hydrogen-bond acceptors (Lipinski definition) is 7. The lowest BCUT2D eigenvalue weighted by Crippen LogP contribution is -2.38. The first-order valence-electron chi connectivity index (χ1n) is 12.0. The molecule has 5 aromatic rings. The molecule has 0 spiro atoms. The number of aromatic nitrogens is 3. The zero-order chi connectivity index (χ0) is 29.5. The number of nitrogens with one attached hydrogen (secondary N) is 1. The number of aromatic amines is 1. The summed E-state index contributed by atoms with van der Waals surface area (Å²) in [6.45, 7) is -0.712. The van der Waals surface area contributed by atoms with Gasteiger partial charge in [-0.25, -0.2) is 18.2 Å². The van der Waals surface area contributed by atoms with Crippen LogP contribution < -0.4 is 9.47 Å². The summed E-state index contributed by atoms with van der Waals surface area (Å²) in [4.78, 5) is 23.3. The predicted molar refractivity (Wildman–Crippen MR) is 142 cm³/mol. The second-order valence-electron chi connectivity index (χ2n) is 8.95. The zero-order valence-corrected chi connectivity index (χ0v) is 22.7. The molecule has 0 amide bonds. The van der Waals surface area contributed by atoms with Crippen LogP contribution in [0, 0.1) is 0 Å². The Bertz CT molecular complexity index is 1870. The van der Waals surface area contributed by atoms with Gasteiger partial charge in [-0.2, -0.15) is 13.2 Å². The molecule has 0 aliphatic carbocycles. The van der Waals surface area contributed by atoms with Gasteiger partial charge in [0.2, 0.25) is 0 Å². The van der Waals surface area contributed by atoms with Crippen LogP contribution in [0.2, 0.25) is 0 Å². The SMILES string of the molecule is COc1cc2c(-c3cc4c(CN(OC(=O)C(F)(F)F)S(=O)(=O)c5ccccc5)ccnc4[nH]3)cn(C)c2cc1OC. The molecule has 0 fully saturated rings. The number of alkyl halides is 3. The Morgan fingerprint density at radius 1 is 1.02 bits per heavy atom. The van der Waals surface area contributed by atoms with Crippen molar-refractivity contribution in [3.8, 4) is 22.8 Å². The van der Waals surface area contributed by atoms with Gasteiger partial charge in [-0.15, -0.1) is 0 Å². The summed E-state index contributed by atoms with van der Waals surface area (Å²) >= 11 is 0. The maximum atomic E-state index is 13.3. The summed E-state index contributed by atoms with van der Waals surface area (Å²) in [6.07, 6.45) is -2.18. The summed E-state index contributed by atoms with van der Waals surface area (Å²) in [7, 11) is 0.228. The summed E-state index contributed by atoms with van der Waals surface area (Å²) < 4.78 is 78.5. The second kappa shape index (κ2) is 10.4. The number of nitrogens with zero attached hydrogens (tertiary/aromatic N) is 3. The summed E-state index contributed by atoms with van der Waals surface area (Å²) in [5, 5.41) is 1.22. The first-order chi connectivity index (χ1) is 19.4. The minimum atomic E-state index is -5.42. The van der Waals surface area contributed by atoms with E-state index in [4.69, 9.17) is 9.47 Å². The Labute approximate surface area is 231 Å². The fourth-order valence-electron chi connectivity index (χ4n) is 4.45. The molecule has 0 unspecified atom stereocenters. The molecule has 14 heteroatoms. The fourth-order valence-corrected chi connectivity index (χ4v) is 5.66. The van der Waals surface area contributed by atoms with Crippen molar-refractivity contribution in [1.29, 1.82) is 0 Å². The van der Waals surface area contributed by atoms with Gasteiger partial charge in [-0.05, 0) is 40.4 Å². The fraction of sp³-hybridized carbons (Fsp3) is 0.185. The van der Waals surface area contributed by atoms with Gasteiger partial charge in [0.1, 0.15) is 5.65 Å². The number of H-pyrrole nitrogens is 1. The van der Waals surface area contributed by atoms with Crippen LogP contribution in [0.5, 0.6) is 11.5 Å². The third kappa shape index (κ3) is 5.18. The Morgan fingerprint density at radius 2 is 1.71 bits per heavy atom. The average molecular weight is 589 g/mol. The summed E-state index contributed by atoms with van der Waals surface area (Å²) in [5.41, 5.74) is 2.77. The summed E-state index contributed by atoms with van der Waals surface area (Å²) in [5.74, 6) is -1.62. The third-order valence-electron chi connectivity index (χ3n) is 6.43. The van der Waals surface area contributed by atoms with Crippen molar-refractivity contribution < 1.29 is 40.7 Å². The molecule has 5 rings (SSSR count). The molecule has 2 aromatic carbocycles. The minimum absolute atomic E-state index is 0.0364. The molecule has 0 saturated heterocycles. The third-order valence-corrected chi connectivity index (χ3v) is 8.04. The van der Waals surface area contributed by atoms with Crippen LogP contribution in [0.25, 0.3) is 33.2 Å². The number of sulfonamides is 1. The number of aryl methyl sites for hydroxylation is 1. The summed E-state index contributed by atoms with van der Waals surface area (Å²) in [6, 6.07) is 13.5. The topological polar surface area (TPSA) is 116 Å². The number of hydrogen-bond donors (Lipinski definition) is 1. The van der Waals surface area contributed by atoms with E-state index in [1.807, 2.05) is 29.9 Å². The maximum absolute atomic E-state index is 13.3. The van der Waals surface area contributed by atoms with Crippen molar-refractivity contribution in [2.24, 2.45) is 7.05 Å². The highest BCUT2D eigenvalue weighted by molar-refractivity contribution is 7.89. The highest BCUT2D eigenvalue weighted by Gasteiger charge is 2.44. The number of rotatable bonds is 8. The van der Waals surface area contributed by atoms with Crippen LogP contribution in [0.4, 0.5) is 13.2 Å². The Hall–Kier alpha value is -4.56. The average Bonchev–Trinajstić information content (AvgIpc) is 3.53. The number of ether oxygens (including phenoxy) is 2. The predicted octanol–water partition coefficient (Wildman–Crippen LogP) is 4.95. The number of carbonyl (C=O) groups is 1. The maximum Gasteiger partial charge on any atom is 0.492 e. The largest absolute Gasteiger partial charge is 0.493 e.